The molecule has 4 amide bonds. The second kappa shape index (κ2) is 11.9. The molecule has 39 heavy (non-hydrogen) atoms. The van der Waals surface area contributed by atoms with Crippen LogP contribution >= 0.6 is 0 Å². The molecule has 12 heteroatoms. The van der Waals surface area contributed by atoms with Gasteiger partial charge in [0.05, 0.1) is 17.9 Å². The van der Waals surface area contributed by atoms with E-state index in [4.69, 9.17) is 4.74 Å². The van der Waals surface area contributed by atoms with Crippen LogP contribution in [0.25, 0.3) is 0 Å². The van der Waals surface area contributed by atoms with Gasteiger partial charge in [0, 0.05) is 39.0 Å². The van der Waals surface area contributed by atoms with Crippen molar-refractivity contribution < 1.29 is 32.3 Å². The molecule has 0 saturated carbocycles. The standard InChI is InChI=1S/C27H32F3N5O4/c1-39-17-7-14-31-23(36)18-34-19-35(20-8-3-2-4-9-20)26(24(34)37)12-15-33(16-13-26)25(38)32-22-11-6-5-10-21(22)27(28,29)30/h2-6,8-11H,7,12-19H2,1H3,(H,31,36)(H,32,38). The summed E-state index contributed by atoms with van der Waals surface area (Å²) < 4.78 is 45.1. The number of ether oxygens (including phenoxy) is 1. The molecule has 9 nitrogen and oxygen atoms in total. The molecule has 2 aliphatic heterocycles. The third-order valence-corrected chi connectivity index (χ3v) is 7.12. The van der Waals surface area contributed by atoms with Crippen LogP contribution in [0, 0.1) is 0 Å². The minimum Gasteiger partial charge on any atom is -0.385 e. The Morgan fingerprint density at radius 2 is 1.69 bits per heavy atom. The fraction of sp³-hybridized carbons (Fsp3) is 0.444. The van der Waals surface area contributed by atoms with E-state index < -0.39 is 23.3 Å². The van der Waals surface area contributed by atoms with Crippen LogP contribution in [0.5, 0.6) is 0 Å². The summed E-state index contributed by atoms with van der Waals surface area (Å²) in [6.45, 7) is 1.37. The molecule has 2 aliphatic rings. The van der Waals surface area contributed by atoms with Crippen LogP contribution in [0.1, 0.15) is 24.8 Å². The Morgan fingerprint density at radius 1 is 1.03 bits per heavy atom. The summed E-state index contributed by atoms with van der Waals surface area (Å²) in [4.78, 5) is 44.1. The summed E-state index contributed by atoms with van der Waals surface area (Å²) in [6, 6.07) is 13.5. The van der Waals surface area contributed by atoms with Gasteiger partial charge in [-0.1, -0.05) is 30.3 Å². The summed E-state index contributed by atoms with van der Waals surface area (Å²) in [5.41, 5.74) is -1.41. The van der Waals surface area contributed by atoms with Gasteiger partial charge in [0.15, 0.2) is 0 Å². The molecule has 2 aromatic carbocycles. The number of para-hydroxylation sites is 2. The number of carbonyl (C=O) groups is 3. The van der Waals surface area contributed by atoms with E-state index in [9.17, 15) is 27.6 Å². The van der Waals surface area contributed by atoms with Crippen molar-refractivity contribution in [2.75, 3.05) is 56.8 Å². The van der Waals surface area contributed by atoms with Crippen LogP contribution in [-0.4, -0.2) is 79.7 Å². The van der Waals surface area contributed by atoms with Crippen molar-refractivity contribution in [2.24, 2.45) is 0 Å². The molecule has 0 unspecified atom stereocenters. The predicted octanol–water partition coefficient (Wildman–Crippen LogP) is 3.53. The zero-order valence-corrected chi connectivity index (χ0v) is 21.7. The third kappa shape index (κ3) is 6.27. The Balaban J connectivity index is 1.46. The maximum Gasteiger partial charge on any atom is 0.418 e. The number of piperidine rings is 1. The summed E-state index contributed by atoms with van der Waals surface area (Å²) in [6.07, 6.45) is -3.43. The molecule has 1 spiro atoms. The highest BCUT2D eigenvalue weighted by Crippen LogP contribution is 2.40. The summed E-state index contributed by atoms with van der Waals surface area (Å²) >= 11 is 0. The number of nitrogens with one attached hydrogen (secondary N) is 2. The molecule has 210 valence electrons. The third-order valence-electron chi connectivity index (χ3n) is 7.12. The normalized spacial score (nSPS) is 17.0. The zero-order chi connectivity index (χ0) is 28.0. The van der Waals surface area contributed by atoms with Gasteiger partial charge in [-0.25, -0.2) is 4.79 Å². The number of halogens is 3. The molecule has 0 aliphatic carbocycles. The molecule has 2 aromatic rings. The van der Waals surface area contributed by atoms with Gasteiger partial charge in [-0.15, -0.1) is 0 Å². The molecule has 4 rings (SSSR count). The van der Waals surface area contributed by atoms with Gasteiger partial charge in [-0.05, 0) is 43.5 Å². The predicted molar refractivity (Wildman–Crippen MR) is 139 cm³/mol. The molecule has 2 fully saturated rings. The molecule has 0 aromatic heterocycles. The number of anilines is 2. The van der Waals surface area contributed by atoms with Crippen molar-refractivity contribution in [3.63, 3.8) is 0 Å². The number of likely N-dealkylation sites (tertiary alicyclic amines) is 1. The Labute approximate surface area is 224 Å². The van der Waals surface area contributed by atoms with Crippen molar-refractivity contribution in [3.8, 4) is 0 Å². The number of nitrogens with zero attached hydrogens (tertiary/aromatic N) is 3. The van der Waals surface area contributed by atoms with Crippen molar-refractivity contribution in [2.45, 2.75) is 31.0 Å². The average molecular weight is 548 g/mol. The lowest BCUT2D eigenvalue weighted by Crippen LogP contribution is -2.58. The monoisotopic (exact) mass is 547 g/mol. The van der Waals surface area contributed by atoms with Gasteiger partial charge in [0.1, 0.15) is 12.1 Å². The Hall–Kier alpha value is -3.80. The summed E-state index contributed by atoms with van der Waals surface area (Å²) in [5.74, 6) is -0.481. The van der Waals surface area contributed by atoms with Gasteiger partial charge < -0.3 is 30.1 Å². The van der Waals surface area contributed by atoms with E-state index in [0.29, 0.717) is 19.6 Å². The van der Waals surface area contributed by atoms with E-state index in [1.807, 2.05) is 35.2 Å². The van der Waals surface area contributed by atoms with Crippen molar-refractivity contribution in [1.29, 1.82) is 0 Å². The summed E-state index contributed by atoms with van der Waals surface area (Å²) in [7, 11) is 1.58. The van der Waals surface area contributed by atoms with Crippen LogP contribution in [0.15, 0.2) is 54.6 Å². The van der Waals surface area contributed by atoms with Crippen LogP contribution in [-0.2, 0) is 20.5 Å². The lowest BCUT2D eigenvalue weighted by molar-refractivity contribution is -0.137. The number of carbonyl (C=O) groups excluding carboxylic acids is 3. The molecular formula is C27H32F3N5O4. The van der Waals surface area contributed by atoms with E-state index in [-0.39, 0.29) is 56.6 Å². The van der Waals surface area contributed by atoms with E-state index in [2.05, 4.69) is 10.6 Å². The van der Waals surface area contributed by atoms with Gasteiger partial charge >= 0.3 is 12.2 Å². The number of alkyl halides is 3. The van der Waals surface area contributed by atoms with Gasteiger partial charge in [-0.3, -0.25) is 9.59 Å². The van der Waals surface area contributed by atoms with Crippen LogP contribution in [0.2, 0.25) is 0 Å². The van der Waals surface area contributed by atoms with Crippen LogP contribution < -0.4 is 15.5 Å². The zero-order valence-electron chi connectivity index (χ0n) is 21.7. The quantitative estimate of drug-likeness (QED) is 0.494. The smallest absolute Gasteiger partial charge is 0.385 e. The Bertz CT molecular complexity index is 1170. The first-order valence-electron chi connectivity index (χ1n) is 12.8. The second-order valence-electron chi connectivity index (χ2n) is 9.60. The van der Waals surface area contributed by atoms with Crippen molar-refractivity contribution in [3.05, 3.63) is 60.2 Å². The first kappa shape index (κ1) is 28.2. The SMILES string of the molecule is COCCCNC(=O)CN1CN(c2ccccc2)C2(CCN(C(=O)Nc3ccccc3C(F)(F)F)CC2)C1=O. The maximum atomic E-state index is 13.7. The highest BCUT2D eigenvalue weighted by atomic mass is 19.4. The van der Waals surface area contributed by atoms with Crippen LogP contribution in [0.3, 0.4) is 0 Å². The number of hydrogen-bond acceptors (Lipinski definition) is 5. The molecule has 0 bridgehead atoms. The molecule has 0 atom stereocenters. The highest BCUT2D eigenvalue weighted by molar-refractivity contribution is 5.97. The fourth-order valence-corrected chi connectivity index (χ4v) is 5.11. The molecule has 2 heterocycles. The first-order valence-corrected chi connectivity index (χ1v) is 12.8. The molecule has 2 saturated heterocycles. The van der Waals surface area contributed by atoms with Gasteiger partial charge in [0.25, 0.3) is 5.91 Å². The minimum absolute atomic E-state index is 0.102. The largest absolute Gasteiger partial charge is 0.418 e. The topological polar surface area (TPSA) is 94.2 Å². The van der Waals surface area contributed by atoms with E-state index in [1.54, 1.807) is 7.11 Å². The lowest BCUT2D eigenvalue weighted by Gasteiger charge is -2.43. The molecule has 2 N–H and O–H groups in total. The minimum atomic E-state index is -4.61. The van der Waals surface area contributed by atoms with Crippen molar-refractivity contribution >= 4 is 29.2 Å². The number of rotatable bonds is 8. The average Bonchev–Trinajstić information content (AvgIpc) is 3.17. The number of benzene rings is 2. The number of amides is 4. The van der Waals surface area contributed by atoms with E-state index >= 15 is 0 Å². The van der Waals surface area contributed by atoms with Crippen LogP contribution in [0.4, 0.5) is 29.3 Å². The lowest BCUT2D eigenvalue weighted by atomic mass is 9.85. The maximum absolute atomic E-state index is 13.7. The summed E-state index contributed by atoms with van der Waals surface area (Å²) in [5, 5.41) is 5.18. The first-order chi connectivity index (χ1) is 18.7. The Kier molecular flexibility index (Phi) is 8.63. The molecular weight excluding hydrogens is 515 g/mol. The molecule has 0 radical (unpaired) electrons. The number of urea groups is 1. The Morgan fingerprint density at radius 3 is 2.36 bits per heavy atom. The second-order valence-corrected chi connectivity index (χ2v) is 9.60. The van der Waals surface area contributed by atoms with E-state index in [0.717, 1.165) is 11.8 Å². The number of hydrogen-bond donors (Lipinski definition) is 2. The van der Waals surface area contributed by atoms with Crippen molar-refractivity contribution in [1.82, 2.24) is 15.1 Å². The highest BCUT2D eigenvalue weighted by Gasteiger charge is 2.54. The van der Waals surface area contributed by atoms with Gasteiger partial charge in [0.2, 0.25) is 5.91 Å². The van der Waals surface area contributed by atoms with E-state index in [1.165, 1.54) is 28.0 Å². The fourth-order valence-electron chi connectivity index (χ4n) is 5.11. The van der Waals surface area contributed by atoms with Gasteiger partial charge in [-0.2, -0.15) is 13.2 Å². The number of methoxy groups -OCH3 is 1.